The molecule has 1 N–H and O–H groups in total. The Morgan fingerprint density at radius 3 is 2.33 bits per heavy atom. The molecule has 0 aromatic carbocycles. The fourth-order valence-electron chi connectivity index (χ4n) is 1.47. The van der Waals surface area contributed by atoms with Crippen LogP contribution in [0.3, 0.4) is 0 Å². The lowest BCUT2D eigenvalue weighted by molar-refractivity contribution is 0.239. The van der Waals surface area contributed by atoms with Crippen LogP contribution < -0.4 is 5.32 Å². The van der Waals surface area contributed by atoms with E-state index in [4.69, 9.17) is 0 Å². The van der Waals surface area contributed by atoms with Crippen molar-refractivity contribution >= 4 is 0 Å². The van der Waals surface area contributed by atoms with Crippen LogP contribution in [0.1, 0.15) is 41.0 Å². The second-order valence-corrected chi connectivity index (χ2v) is 5.41. The Bertz CT molecular complexity index is 168. The average molecular weight is 212 g/mol. The summed E-state index contributed by atoms with van der Waals surface area (Å²) in [4.78, 5) is 2.44. The van der Waals surface area contributed by atoms with Gasteiger partial charge in [-0.2, -0.15) is 0 Å². The Balaban J connectivity index is 3.67. The average Bonchev–Trinajstić information content (AvgIpc) is 2.08. The maximum atomic E-state index is 3.79. The van der Waals surface area contributed by atoms with E-state index in [9.17, 15) is 0 Å². The van der Waals surface area contributed by atoms with Crippen LogP contribution in [0.15, 0.2) is 12.7 Å². The van der Waals surface area contributed by atoms with Crippen molar-refractivity contribution in [3.8, 4) is 0 Å². The van der Waals surface area contributed by atoms with Gasteiger partial charge in [0.1, 0.15) is 0 Å². The van der Waals surface area contributed by atoms with Gasteiger partial charge in [0.05, 0.1) is 0 Å². The van der Waals surface area contributed by atoms with E-state index in [1.165, 1.54) is 6.42 Å². The third-order valence-electron chi connectivity index (χ3n) is 2.37. The zero-order valence-corrected chi connectivity index (χ0v) is 11.1. The molecule has 0 atom stereocenters. The predicted octanol–water partition coefficient (Wildman–Crippen LogP) is 2.66. The number of nitrogens with one attached hydrogen (secondary N) is 1. The first-order valence-electron chi connectivity index (χ1n) is 5.97. The molecular weight excluding hydrogens is 184 g/mol. The topological polar surface area (TPSA) is 15.3 Å². The highest BCUT2D eigenvalue weighted by Crippen LogP contribution is 2.01. The van der Waals surface area contributed by atoms with Crippen molar-refractivity contribution in [3.63, 3.8) is 0 Å². The normalized spacial score (nSPS) is 12.5. The van der Waals surface area contributed by atoms with Crippen molar-refractivity contribution in [2.75, 3.05) is 19.6 Å². The molecule has 0 aliphatic carbocycles. The Morgan fingerprint density at radius 1 is 1.33 bits per heavy atom. The second kappa shape index (κ2) is 7.02. The molecule has 0 rings (SSSR count). The summed E-state index contributed by atoms with van der Waals surface area (Å²) in [5.74, 6) is 0. The highest BCUT2D eigenvalue weighted by Gasteiger charge is 2.09. The minimum Gasteiger partial charge on any atom is -0.312 e. The highest BCUT2D eigenvalue weighted by molar-refractivity contribution is 4.76. The van der Waals surface area contributed by atoms with Crippen molar-refractivity contribution in [1.82, 2.24) is 10.2 Å². The molecule has 0 aliphatic rings. The second-order valence-electron chi connectivity index (χ2n) is 5.41. The van der Waals surface area contributed by atoms with Crippen LogP contribution in [0, 0.1) is 0 Å². The van der Waals surface area contributed by atoms with Crippen molar-refractivity contribution in [2.24, 2.45) is 0 Å². The van der Waals surface area contributed by atoms with E-state index in [-0.39, 0.29) is 5.54 Å². The third-order valence-corrected chi connectivity index (χ3v) is 2.37. The van der Waals surface area contributed by atoms with Gasteiger partial charge in [0, 0.05) is 18.1 Å². The summed E-state index contributed by atoms with van der Waals surface area (Å²) in [5, 5.41) is 3.51. The fraction of sp³-hybridized carbons (Fsp3) is 0.846. The van der Waals surface area contributed by atoms with E-state index in [2.05, 4.69) is 51.4 Å². The highest BCUT2D eigenvalue weighted by atomic mass is 15.1. The molecule has 0 saturated heterocycles. The summed E-state index contributed by atoms with van der Waals surface area (Å²) in [6.45, 7) is 18.1. The third kappa shape index (κ3) is 8.64. The summed E-state index contributed by atoms with van der Waals surface area (Å²) in [6, 6.07) is 0.609. The minimum atomic E-state index is 0.237. The summed E-state index contributed by atoms with van der Waals surface area (Å²) < 4.78 is 0. The number of hydrogen-bond acceptors (Lipinski definition) is 2. The molecule has 2 heteroatoms. The van der Waals surface area contributed by atoms with E-state index in [1.807, 2.05) is 6.08 Å². The van der Waals surface area contributed by atoms with Gasteiger partial charge in [-0.15, -0.1) is 6.58 Å². The molecule has 0 spiro atoms. The number of rotatable bonds is 7. The Kier molecular flexibility index (Phi) is 6.86. The first-order valence-corrected chi connectivity index (χ1v) is 5.97. The molecule has 0 fully saturated rings. The lowest BCUT2D eigenvalue weighted by Gasteiger charge is -2.26. The van der Waals surface area contributed by atoms with Crippen molar-refractivity contribution < 1.29 is 0 Å². The number of hydrogen-bond donors (Lipinski definition) is 1. The van der Waals surface area contributed by atoms with Crippen molar-refractivity contribution in [2.45, 2.75) is 52.6 Å². The smallest absolute Gasteiger partial charge is 0.0163 e. The van der Waals surface area contributed by atoms with Gasteiger partial charge in [-0.1, -0.05) is 6.08 Å². The minimum absolute atomic E-state index is 0.237. The van der Waals surface area contributed by atoms with E-state index in [1.54, 1.807) is 0 Å². The van der Waals surface area contributed by atoms with E-state index in [0.29, 0.717) is 6.04 Å². The van der Waals surface area contributed by atoms with Gasteiger partial charge >= 0.3 is 0 Å². The van der Waals surface area contributed by atoms with Gasteiger partial charge in [0.15, 0.2) is 0 Å². The van der Waals surface area contributed by atoms with Gasteiger partial charge in [-0.25, -0.2) is 0 Å². The molecule has 0 bridgehead atoms. The van der Waals surface area contributed by atoms with Gasteiger partial charge in [0.25, 0.3) is 0 Å². The lowest BCUT2D eigenvalue weighted by atomic mass is 10.1. The summed E-state index contributed by atoms with van der Waals surface area (Å²) in [5.41, 5.74) is 0.237. The summed E-state index contributed by atoms with van der Waals surface area (Å²) in [6.07, 6.45) is 3.18. The molecule has 0 aliphatic heterocycles. The van der Waals surface area contributed by atoms with Crippen molar-refractivity contribution in [3.05, 3.63) is 12.7 Å². The van der Waals surface area contributed by atoms with E-state index in [0.717, 1.165) is 19.6 Å². The summed E-state index contributed by atoms with van der Waals surface area (Å²) >= 11 is 0. The maximum absolute atomic E-state index is 3.79. The van der Waals surface area contributed by atoms with Gasteiger partial charge < -0.3 is 5.32 Å². The molecule has 0 aromatic heterocycles. The van der Waals surface area contributed by atoms with Crippen LogP contribution >= 0.6 is 0 Å². The zero-order valence-electron chi connectivity index (χ0n) is 11.1. The fourth-order valence-corrected chi connectivity index (χ4v) is 1.47. The largest absolute Gasteiger partial charge is 0.312 e. The summed E-state index contributed by atoms with van der Waals surface area (Å²) in [7, 11) is 0. The molecule has 0 aromatic rings. The first-order chi connectivity index (χ1) is 6.87. The van der Waals surface area contributed by atoms with Crippen LogP contribution in [0.5, 0.6) is 0 Å². The van der Waals surface area contributed by atoms with Crippen LogP contribution in [0.2, 0.25) is 0 Å². The van der Waals surface area contributed by atoms with Crippen LogP contribution in [0.4, 0.5) is 0 Å². The molecule has 2 nitrogen and oxygen atoms in total. The Hall–Kier alpha value is -0.340. The van der Waals surface area contributed by atoms with Crippen molar-refractivity contribution in [1.29, 1.82) is 0 Å². The lowest BCUT2D eigenvalue weighted by Crippen LogP contribution is -2.39. The van der Waals surface area contributed by atoms with Crippen LogP contribution in [0.25, 0.3) is 0 Å². The first kappa shape index (κ1) is 14.7. The predicted molar refractivity (Wildman–Crippen MR) is 69.3 cm³/mol. The Morgan fingerprint density at radius 2 is 1.93 bits per heavy atom. The van der Waals surface area contributed by atoms with Gasteiger partial charge in [-0.3, -0.25) is 4.90 Å². The maximum Gasteiger partial charge on any atom is 0.0163 e. The van der Waals surface area contributed by atoms with Crippen LogP contribution in [-0.2, 0) is 0 Å². The molecule has 0 amide bonds. The molecule has 0 heterocycles. The van der Waals surface area contributed by atoms with Crippen LogP contribution in [-0.4, -0.2) is 36.1 Å². The van der Waals surface area contributed by atoms with E-state index < -0.39 is 0 Å². The monoisotopic (exact) mass is 212 g/mol. The van der Waals surface area contributed by atoms with E-state index >= 15 is 0 Å². The standard InChI is InChI=1S/C13H28N2/c1-7-10-15(12(2)3)11-8-9-14-13(4,5)6/h7,12,14H,1,8-11H2,2-6H3. The zero-order chi connectivity index (χ0) is 11.9. The Labute approximate surface area is 95.7 Å². The molecule has 0 unspecified atom stereocenters. The molecule has 90 valence electrons. The SMILES string of the molecule is C=CCN(CCCNC(C)(C)C)C(C)C. The quantitative estimate of drug-likeness (QED) is 0.515. The molecule has 15 heavy (non-hydrogen) atoms. The molecular formula is C13H28N2. The molecule has 0 saturated carbocycles. The van der Waals surface area contributed by atoms with Gasteiger partial charge in [0.2, 0.25) is 0 Å². The van der Waals surface area contributed by atoms with Gasteiger partial charge in [-0.05, 0) is 54.1 Å². The molecule has 0 radical (unpaired) electrons. The number of nitrogens with zero attached hydrogens (tertiary/aromatic N) is 1.